The monoisotopic (exact) mass is 489 g/mol. The van der Waals surface area contributed by atoms with Gasteiger partial charge in [-0.2, -0.15) is 0 Å². The predicted molar refractivity (Wildman–Crippen MR) is 146 cm³/mol. The Labute approximate surface area is 216 Å². The fourth-order valence-corrected chi connectivity index (χ4v) is 6.96. The van der Waals surface area contributed by atoms with Gasteiger partial charge < -0.3 is 10.4 Å². The molecule has 2 N–H and O–H groups in total. The number of hydrogen-bond donors (Lipinski definition) is 2. The highest BCUT2D eigenvalue weighted by molar-refractivity contribution is 5.94. The minimum atomic E-state index is 0.0531. The van der Waals surface area contributed by atoms with E-state index in [1.807, 2.05) is 30.4 Å². The number of carbonyl (C=O) groups excluding carboxylic acids is 1. The Morgan fingerprint density at radius 1 is 1.06 bits per heavy atom. The van der Waals surface area contributed by atoms with Gasteiger partial charge in [-0.15, -0.1) is 6.58 Å². The van der Waals surface area contributed by atoms with Crippen LogP contribution in [0.2, 0.25) is 0 Å². The SMILES string of the molecule is C=CCN1CCC2CCC(C1)N2C(C1=CC(O)=CCC1)c1ccc(C(=O)NC2CCCCCC2)cc1. The average molecular weight is 490 g/mol. The summed E-state index contributed by atoms with van der Waals surface area (Å²) in [5, 5.41) is 13.7. The van der Waals surface area contributed by atoms with Crippen molar-refractivity contribution in [1.29, 1.82) is 0 Å². The van der Waals surface area contributed by atoms with Crippen molar-refractivity contribution >= 4 is 5.91 Å². The maximum atomic E-state index is 13.0. The maximum absolute atomic E-state index is 13.0. The van der Waals surface area contributed by atoms with Crippen LogP contribution in [-0.4, -0.2) is 58.6 Å². The first-order valence-corrected chi connectivity index (χ1v) is 14.2. The Hall–Kier alpha value is -2.37. The fourth-order valence-electron chi connectivity index (χ4n) is 6.96. The van der Waals surface area contributed by atoms with E-state index in [1.54, 1.807) is 0 Å². The van der Waals surface area contributed by atoms with Gasteiger partial charge in [-0.05, 0) is 80.4 Å². The van der Waals surface area contributed by atoms with Crippen LogP contribution >= 0.6 is 0 Å². The van der Waals surface area contributed by atoms with Gasteiger partial charge in [-0.1, -0.05) is 43.9 Å². The van der Waals surface area contributed by atoms with Gasteiger partial charge in [-0.3, -0.25) is 14.6 Å². The van der Waals surface area contributed by atoms with Gasteiger partial charge >= 0.3 is 0 Å². The Kier molecular flexibility index (Phi) is 8.28. The zero-order chi connectivity index (χ0) is 24.9. The van der Waals surface area contributed by atoms with Crippen LogP contribution in [0.5, 0.6) is 0 Å². The predicted octanol–water partition coefficient (Wildman–Crippen LogP) is 6.07. The van der Waals surface area contributed by atoms with Crippen LogP contribution in [-0.2, 0) is 0 Å². The normalized spacial score (nSPS) is 26.9. The van der Waals surface area contributed by atoms with Gasteiger partial charge in [-0.25, -0.2) is 0 Å². The van der Waals surface area contributed by atoms with E-state index in [2.05, 4.69) is 33.8 Å². The first kappa shape index (κ1) is 25.3. The zero-order valence-corrected chi connectivity index (χ0v) is 21.7. The van der Waals surface area contributed by atoms with Crippen LogP contribution in [0.1, 0.15) is 92.6 Å². The van der Waals surface area contributed by atoms with E-state index in [0.717, 1.165) is 57.3 Å². The van der Waals surface area contributed by atoms with Gasteiger partial charge in [0.25, 0.3) is 5.91 Å². The van der Waals surface area contributed by atoms with Crippen LogP contribution in [0.4, 0.5) is 0 Å². The van der Waals surface area contributed by atoms with Crippen molar-refractivity contribution in [3.63, 3.8) is 0 Å². The molecular weight excluding hydrogens is 446 g/mol. The molecule has 1 aromatic carbocycles. The van der Waals surface area contributed by atoms with E-state index < -0.39 is 0 Å². The van der Waals surface area contributed by atoms with Crippen molar-refractivity contribution in [3.8, 4) is 0 Å². The second-order valence-corrected chi connectivity index (χ2v) is 11.2. The second kappa shape index (κ2) is 11.8. The van der Waals surface area contributed by atoms with Gasteiger partial charge in [0.15, 0.2) is 0 Å². The fraction of sp³-hybridized carbons (Fsp3) is 0.581. The molecule has 3 fully saturated rings. The van der Waals surface area contributed by atoms with Crippen molar-refractivity contribution in [2.24, 2.45) is 0 Å². The number of benzene rings is 1. The van der Waals surface area contributed by atoms with Gasteiger partial charge in [0.1, 0.15) is 5.76 Å². The maximum Gasteiger partial charge on any atom is 0.251 e. The third-order valence-electron chi connectivity index (χ3n) is 8.76. The number of hydrogen-bond acceptors (Lipinski definition) is 4. The summed E-state index contributed by atoms with van der Waals surface area (Å²) >= 11 is 0. The van der Waals surface area contributed by atoms with Crippen LogP contribution < -0.4 is 5.32 Å². The number of rotatable bonds is 7. The lowest BCUT2D eigenvalue weighted by Crippen LogP contribution is -2.42. The van der Waals surface area contributed by atoms with E-state index in [4.69, 9.17) is 0 Å². The summed E-state index contributed by atoms with van der Waals surface area (Å²) in [5.74, 6) is 0.438. The van der Waals surface area contributed by atoms with E-state index in [1.165, 1.54) is 49.7 Å². The number of likely N-dealkylation sites (tertiary alicyclic amines) is 1. The van der Waals surface area contributed by atoms with Crippen molar-refractivity contribution in [2.45, 2.75) is 94.8 Å². The molecule has 0 aromatic heterocycles. The quantitative estimate of drug-likeness (QED) is 0.361. The summed E-state index contributed by atoms with van der Waals surface area (Å²) in [4.78, 5) is 18.3. The van der Waals surface area contributed by atoms with Crippen LogP contribution in [0.15, 0.2) is 60.4 Å². The Balaban J connectivity index is 1.39. The zero-order valence-electron chi connectivity index (χ0n) is 21.7. The van der Waals surface area contributed by atoms with E-state index in [0.29, 0.717) is 23.9 Å². The summed E-state index contributed by atoms with van der Waals surface area (Å²) in [6, 6.07) is 9.83. The lowest BCUT2D eigenvalue weighted by molar-refractivity contribution is 0.0933. The summed E-state index contributed by atoms with van der Waals surface area (Å²) in [6.45, 7) is 7.08. The number of nitrogens with one attached hydrogen (secondary N) is 1. The minimum Gasteiger partial charge on any atom is -0.508 e. The molecule has 5 nitrogen and oxygen atoms in total. The molecule has 36 heavy (non-hydrogen) atoms. The third-order valence-corrected chi connectivity index (χ3v) is 8.76. The lowest BCUT2D eigenvalue weighted by atomic mass is 9.89. The molecule has 1 saturated carbocycles. The van der Waals surface area contributed by atoms with Crippen molar-refractivity contribution in [3.05, 3.63) is 71.5 Å². The molecular formula is C31H43N3O2. The number of fused-ring (bicyclic) bond motifs is 2. The molecule has 2 bridgehead atoms. The Bertz CT molecular complexity index is 974. The molecule has 4 aliphatic rings. The summed E-state index contributed by atoms with van der Waals surface area (Å²) in [6.07, 6.45) is 18.6. The van der Waals surface area contributed by atoms with E-state index >= 15 is 0 Å². The van der Waals surface area contributed by atoms with Gasteiger partial charge in [0, 0.05) is 43.3 Å². The van der Waals surface area contributed by atoms with Crippen LogP contribution in [0.3, 0.4) is 0 Å². The molecule has 2 aliphatic carbocycles. The summed E-state index contributed by atoms with van der Waals surface area (Å²) in [7, 11) is 0. The summed E-state index contributed by atoms with van der Waals surface area (Å²) < 4.78 is 0. The molecule has 5 rings (SSSR count). The number of nitrogens with zero attached hydrogens (tertiary/aromatic N) is 2. The smallest absolute Gasteiger partial charge is 0.251 e. The van der Waals surface area contributed by atoms with Crippen molar-refractivity contribution in [1.82, 2.24) is 15.1 Å². The molecule has 0 spiro atoms. The number of allylic oxidation sites excluding steroid dienone is 2. The molecule has 3 unspecified atom stereocenters. The van der Waals surface area contributed by atoms with E-state index in [9.17, 15) is 9.90 Å². The highest BCUT2D eigenvalue weighted by Crippen LogP contribution is 2.43. The standard InChI is InChI=1S/C31H43N3O2/c1-2-19-33-20-18-27-16-17-28(22-33)34(27)30(25-8-7-11-29(35)21-25)23-12-14-24(15-13-23)31(36)32-26-9-5-3-4-6-10-26/h2,11-15,21,26-28,30,35H,1,3-10,16-20,22H2,(H,32,36). The summed E-state index contributed by atoms with van der Waals surface area (Å²) in [5.41, 5.74) is 3.27. The second-order valence-electron chi connectivity index (χ2n) is 11.2. The molecule has 0 radical (unpaired) electrons. The number of aliphatic hydroxyl groups is 1. The molecule has 1 aromatic rings. The van der Waals surface area contributed by atoms with Crippen LogP contribution in [0.25, 0.3) is 0 Å². The van der Waals surface area contributed by atoms with Crippen molar-refractivity contribution in [2.75, 3.05) is 19.6 Å². The first-order chi connectivity index (χ1) is 17.6. The van der Waals surface area contributed by atoms with E-state index in [-0.39, 0.29) is 11.9 Å². The average Bonchev–Trinajstić information content (AvgIpc) is 3.01. The first-order valence-electron chi connectivity index (χ1n) is 14.2. The van der Waals surface area contributed by atoms with Gasteiger partial charge in [0.05, 0.1) is 6.04 Å². The Morgan fingerprint density at radius 2 is 1.81 bits per heavy atom. The lowest BCUT2D eigenvalue weighted by Gasteiger charge is -2.39. The topological polar surface area (TPSA) is 55.8 Å². The molecule has 1 amide bonds. The molecule has 2 saturated heterocycles. The van der Waals surface area contributed by atoms with Gasteiger partial charge in [0.2, 0.25) is 0 Å². The molecule has 2 aliphatic heterocycles. The molecule has 194 valence electrons. The number of aliphatic hydroxyl groups excluding tert-OH is 1. The highest BCUT2D eigenvalue weighted by atomic mass is 16.3. The third kappa shape index (κ3) is 5.78. The number of amides is 1. The molecule has 5 heteroatoms. The van der Waals surface area contributed by atoms with Crippen molar-refractivity contribution < 1.29 is 9.90 Å². The largest absolute Gasteiger partial charge is 0.508 e. The highest BCUT2D eigenvalue weighted by Gasteiger charge is 2.42. The molecule has 2 heterocycles. The Morgan fingerprint density at radius 3 is 2.53 bits per heavy atom. The minimum absolute atomic E-state index is 0.0531. The van der Waals surface area contributed by atoms with Crippen LogP contribution in [0, 0.1) is 0 Å². The number of carbonyl (C=O) groups is 1. The molecule has 3 atom stereocenters.